The van der Waals surface area contributed by atoms with Gasteiger partial charge in [0.25, 0.3) is 0 Å². The molecule has 8 heteroatoms. The standard InChI is InChI=1S/C17H18F2N4OS/c18-12-6-11(7-13(19)8-12)15-21-16(25-22-15)23-5-1-3-17(10-23)4-2-14(24)20-9-17/h6-8H,1-5,9-10H2,(H,20,24). The molecule has 5 nitrogen and oxygen atoms in total. The summed E-state index contributed by atoms with van der Waals surface area (Å²) < 4.78 is 31.1. The first-order valence-electron chi connectivity index (χ1n) is 8.35. The van der Waals surface area contributed by atoms with Crippen LogP contribution in [0.1, 0.15) is 25.7 Å². The molecule has 1 N–H and O–H groups in total. The van der Waals surface area contributed by atoms with E-state index >= 15 is 0 Å². The molecule has 4 rings (SSSR count). The van der Waals surface area contributed by atoms with Crippen LogP contribution >= 0.6 is 11.5 Å². The molecule has 132 valence electrons. The van der Waals surface area contributed by atoms with Crippen LogP contribution in [-0.2, 0) is 4.79 Å². The number of rotatable bonds is 2. The summed E-state index contributed by atoms with van der Waals surface area (Å²) in [6.07, 6.45) is 3.57. The summed E-state index contributed by atoms with van der Waals surface area (Å²) in [6, 6.07) is 3.31. The number of amides is 1. The fraction of sp³-hybridized carbons (Fsp3) is 0.471. The van der Waals surface area contributed by atoms with E-state index in [1.807, 2.05) is 0 Å². The molecule has 2 fully saturated rings. The molecule has 1 aromatic heterocycles. The maximum atomic E-state index is 13.4. The molecule has 2 saturated heterocycles. The van der Waals surface area contributed by atoms with Crippen LogP contribution in [0.4, 0.5) is 13.9 Å². The number of benzene rings is 1. The van der Waals surface area contributed by atoms with Crippen molar-refractivity contribution in [2.75, 3.05) is 24.5 Å². The van der Waals surface area contributed by atoms with E-state index in [9.17, 15) is 13.6 Å². The molecule has 1 unspecified atom stereocenters. The number of carbonyl (C=O) groups excluding carboxylic acids is 1. The van der Waals surface area contributed by atoms with Crippen molar-refractivity contribution in [1.29, 1.82) is 0 Å². The Labute approximate surface area is 148 Å². The smallest absolute Gasteiger partial charge is 0.220 e. The molecule has 1 atom stereocenters. The van der Waals surface area contributed by atoms with E-state index in [2.05, 4.69) is 19.6 Å². The quantitative estimate of drug-likeness (QED) is 0.890. The van der Waals surface area contributed by atoms with Crippen LogP contribution in [0.3, 0.4) is 0 Å². The Bertz CT molecular complexity index is 779. The molecule has 0 bridgehead atoms. The van der Waals surface area contributed by atoms with E-state index in [-0.39, 0.29) is 11.3 Å². The maximum Gasteiger partial charge on any atom is 0.220 e. The van der Waals surface area contributed by atoms with Crippen molar-refractivity contribution in [2.24, 2.45) is 5.41 Å². The van der Waals surface area contributed by atoms with E-state index in [1.165, 1.54) is 23.7 Å². The molecule has 3 heterocycles. The Balaban J connectivity index is 1.54. The van der Waals surface area contributed by atoms with Crippen LogP contribution in [0.25, 0.3) is 11.4 Å². The summed E-state index contributed by atoms with van der Waals surface area (Å²) in [6.45, 7) is 2.39. The Hall–Kier alpha value is -2.09. The van der Waals surface area contributed by atoms with Crippen molar-refractivity contribution in [1.82, 2.24) is 14.7 Å². The highest BCUT2D eigenvalue weighted by Crippen LogP contribution is 2.38. The highest BCUT2D eigenvalue weighted by molar-refractivity contribution is 7.09. The van der Waals surface area contributed by atoms with Crippen molar-refractivity contribution in [2.45, 2.75) is 25.7 Å². The Morgan fingerprint density at radius 1 is 1.20 bits per heavy atom. The van der Waals surface area contributed by atoms with E-state index < -0.39 is 11.6 Å². The lowest BCUT2D eigenvalue weighted by Crippen LogP contribution is -2.52. The first-order chi connectivity index (χ1) is 12.0. The monoisotopic (exact) mass is 364 g/mol. The summed E-state index contributed by atoms with van der Waals surface area (Å²) in [5.41, 5.74) is 0.430. The average molecular weight is 364 g/mol. The zero-order chi connectivity index (χ0) is 17.4. The fourth-order valence-electron chi connectivity index (χ4n) is 3.71. The molecule has 2 aliphatic heterocycles. The van der Waals surface area contributed by atoms with Crippen LogP contribution < -0.4 is 10.2 Å². The average Bonchev–Trinajstić information content (AvgIpc) is 3.07. The lowest BCUT2D eigenvalue weighted by Gasteiger charge is -2.44. The Kier molecular flexibility index (Phi) is 4.15. The number of carbonyl (C=O) groups is 1. The molecule has 2 aliphatic rings. The van der Waals surface area contributed by atoms with Gasteiger partial charge in [0.1, 0.15) is 11.6 Å². The molecule has 0 aliphatic carbocycles. The molecule has 0 radical (unpaired) electrons. The number of halogens is 2. The Morgan fingerprint density at radius 3 is 2.72 bits per heavy atom. The molecular formula is C17H18F2N4OS. The van der Waals surface area contributed by atoms with Gasteiger partial charge in [0.05, 0.1) is 0 Å². The van der Waals surface area contributed by atoms with E-state index in [1.54, 1.807) is 0 Å². The third-order valence-electron chi connectivity index (χ3n) is 5.01. The van der Waals surface area contributed by atoms with E-state index in [4.69, 9.17) is 0 Å². The van der Waals surface area contributed by atoms with E-state index in [0.717, 1.165) is 43.5 Å². The van der Waals surface area contributed by atoms with Gasteiger partial charge in [-0.1, -0.05) is 0 Å². The molecular weight excluding hydrogens is 346 g/mol. The van der Waals surface area contributed by atoms with Gasteiger partial charge in [-0.05, 0) is 31.4 Å². The van der Waals surface area contributed by atoms with Gasteiger partial charge in [-0.15, -0.1) is 0 Å². The third kappa shape index (κ3) is 3.35. The van der Waals surface area contributed by atoms with Crippen LogP contribution in [-0.4, -0.2) is 34.9 Å². The number of hydrogen-bond acceptors (Lipinski definition) is 5. The van der Waals surface area contributed by atoms with Crippen LogP contribution in [0.5, 0.6) is 0 Å². The first-order valence-corrected chi connectivity index (χ1v) is 9.12. The minimum absolute atomic E-state index is 0.0863. The highest BCUT2D eigenvalue weighted by atomic mass is 32.1. The normalized spacial score (nSPS) is 23.8. The first kappa shape index (κ1) is 16.4. The highest BCUT2D eigenvalue weighted by Gasteiger charge is 2.39. The number of hydrogen-bond donors (Lipinski definition) is 1. The minimum Gasteiger partial charge on any atom is -0.355 e. The second kappa shape index (κ2) is 6.33. The van der Waals surface area contributed by atoms with Gasteiger partial charge in [0.2, 0.25) is 11.0 Å². The predicted octanol–water partition coefficient (Wildman–Crippen LogP) is 2.98. The lowest BCUT2D eigenvalue weighted by molar-refractivity contribution is -0.124. The summed E-state index contributed by atoms with van der Waals surface area (Å²) in [7, 11) is 0. The van der Waals surface area contributed by atoms with Gasteiger partial charge in [-0.3, -0.25) is 4.79 Å². The largest absolute Gasteiger partial charge is 0.355 e. The third-order valence-corrected chi connectivity index (χ3v) is 5.79. The zero-order valence-corrected chi connectivity index (χ0v) is 14.4. The predicted molar refractivity (Wildman–Crippen MR) is 91.4 cm³/mol. The maximum absolute atomic E-state index is 13.4. The Morgan fingerprint density at radius 2 is 2.00 bits per heavy atom. The van der Waals surface area contributed by atoms with Crippen molar-refractivity contribution in [3.63, 3.8) is 0 Å². The van der Waals surface area contributed by atoms with Gasteiger partial charge in [0.15, 0.2) is 5.82 Å². The zero-order valence-electron chi connectivity index (χ0n) is 13.6. The van der Waals surface area contributed by atoms with Gasteiger partial charge >= 0.3 is 0 Å². The SMILES string of the molecule is O=C1CCC2(CCCN(c3nc(-c4cc(F)cc(F)c4)ns3)C2)CN1. The van der Waals surface area contributed by atoms with Crippen molar-refractivity contribution < 1.29 is 13.6 Å². The summed E-state index contributed by atoms with van der Waals surface area (Å²) in [5, 5.41) is 3.74. The molecule has 0 saturated carbocycles. The molecule has 1 spiro atoms. The number of anilines is 1. The fourth-order valence-corrected chi connectivity index (χ4v) is 4.42. The number of nitrogens with zero attached hydrogens (tertiary/aromatic N) is 3. The van der Waals surface area contributed by atoms with Gasteiger partial charge in [-0.25, -0.2) is 8.78 Å². The van der Waals surface area contributed by atoms with Gasteiger partial charge < -0.3 is 10.2 Å². The summed E-state index contributed by atoms with van der Waals surface area (Å²) >= 11 is 1.24. The van der Waals surface area contributed by atoms with E-state index in [0.29, 0.717) is 24.4 Å². The summed E-state index contributed by atoms with van der Waals surface area (Å²) in [4.78, 5) is 18.1. The number of aromatic nitrogens is 2. The van der Waals surface area contributed by atoms with Crippen LogP contribution in [0.15, 0.2) is 18.2 Å². The molecule has 1 aromatic carbocycles. The minimum atomic E-state index is -0.638. The molecule has 2 aromatic rings. The van der Waals surface area contributed by atoms with Crippen molar-refractivity contribution in [3.05, 3.63) is 29.8 Å². The van der Waals surface area contributed by atoms with Crippen LogP contribution in [0.2, 0.25) is 0 Å². The molecule has 1 amide bonds. The number of nitrogens with one attached hydrogen (secondary N) is 1. The lowest BCUT2D eigenvalue weighted by atomic mass is 9.74. The van der Waals surface area contributed by atoms with Gasteiger partial charge in [-0.2, -0.15) is 9.36 Å². The summed E-state index contributed by atoms with van der Waals surface area (Å²) in [5.74, 6) is -0.813. The second-order valence-corrected chi connectivity index (χ2v) is 7.59. The second-order valence-electron chi connectivity index (χ2n) is 6.86. The van der Waals surface area contributed by atoms with Crippen molar-refractivity contribution >= 4 is 22.6 Å². The van der Waals surface area contributed by atoms with Crippen molar-refractivity contribution in [3.8, 4) is 11.4 Å². The van der Waals surface area contributed by atoms with Gasteiger partial charge in [0, 0.05) is 54.6 Å². The topological polar surface area (TPSA) is 58.1 Å². The molecule has 25 heavy (non-hydrogen) atoms. The van der Waals surface area contributed by atoms with Crippen LogP contribution in [0, 0.1) is 17.0 Å². The number of piperidine rings is 2.